The van der Waals surface area contributed by atoms with Crippen molar-refractivity contribution in [1.82, 2.24) is 0 Å². The zero-order valence-corrected chi connectivity index (χ0v) is 15.9. The van der Waals surface area contributed by atoms with Gasteiger partial charge < -0.3 is 9.52 Å². The zero-order chi connectivity index (χ0) is 21.3. The summed E-state index contributed by atoms with van der Waals surface area (Å²) in [7, 11) is 0. The lowest BCUT2D eigenvalue weighted by molar-refractivity contribution is -0.385. The molecule has 0 radical (unpaired) electrons. The van der Waals surface area contributed by atoms with Gasteiger partial charge in [0.2, 0.25) is 5.75 Å². The Balaban J connectivity index is 1.69. The van der Waals surface area contributed by atoms with E-state index in [-0.39, 0.29) is 11.3 Å². The Kier molecular flexibility index (Phi) is 4.85. The number of aliphatic imine (C=N–C) groups is 1. The first kappa shape index (κ1) is 19.1. The zero-order valence-electron chi connectivity index (χ0n) is 15.9. The average molecular weight is 400 g/mol. The fourth-order valence-corrected chi connectivity index (χ4v) is 3.22. The summed E-state index contributed by atoms with van der Waals surface area (Å²) in [5, 5.41) is 21.8. The second kappa shape index (κ2) is 7.63. The molecule has 0 saturated heterocycles. The van der Waals surface area contributed by atoms with Gasteiger partial charge in [-0.2, -0.15) is 0 Å². The van der Waals surface area contributed by atoms with Crippen LogP contribution in [0.5, 0.6) is 5.75 Å². The van der Waals surface area contributed by atoms with E-state index < -0.39 is 16.3 Å². The van der Waals surface area contributed by atoms with Crippen molar-refractivity contribution in [3.05, 3.63) is 98.4 Å². The molecule has 0 fully saturated rings. The minimum absolute atomic E-state index is 0.237. The molecule has 1 N–H and O–H groups in total. The summed E-state index contributed by atoms with van der Waals surface area (Å²) in [6, 6.07) is 18.6. The van der Waals surface area contributed by atoms with Gasteiger partial charge in [-0.25, -0.2) is 4.79 Å². The van der Waals surface area contributed by atoms with Crippen LogP contribution in [-0.4, -0.2) is 16.2 Å². The molecule has 148 valence electrons. The van der Waals surface area contributed by atoms with Crippen LogP contribution in [0.25, 0.3) is 22.1 Å². The van der Waals surface area contributed by atoms with Gasteiger partial charge in [0, 0.05) is 23.2 Å². The highest BCUT2D eigenvalue weighted by atomic mass is 16.6. The molecule has 7 nitrogen and oxygen atoms in total. The first-order valence-corrected chi connectivity index (χ1v) is 9.08. The normalized spacial score (nSPS) is 11.2. The number of benzene rings is 3. The molecule has 0 amide bonds. The molecule has 0 aliphatic carbocycles. The smallest absolute Gasteiger partial charge is 0.344 e. The number of aromatic hydroxyl groups is 1. The van der Waals surface area contributed by atoms with E-state index >= 15 is 0 Å². The van der Waals surface area contributed by atoms with E-state index in [1.54, 1.807) is 30.3 Å². The third-order valence-electron chi connectivity index (χ3n) is 4.74. The lowest BCUT2D eigenvalue weighted by atomic mass is 10.0. The molecular formula is C23H16N2O5. The second-order valence-electron chi connectivity index (χ2n) is 6.71. The number of nitro groups is 1. The van der Waals surface area contributed by atoms with Crippen molar-refractivity contribution >= 4 is 28.6 Å². The van der Waals surface area contributed by atoms with Crippen LogP contribution in [0.3, 0.4) is 0 Å². The predicted octanol–water partition coefficient (Wildman–Crippen LogP) is 5.13. The van der Waals surface area contributed by atoms with Crippen molar-refractivity contribution in [3.63, 3.8) is 0 Å². The van der Waals surface area contributed by atoms with Crippen molar-refractivity contribution in [2.75, 3.05) is 0 Å². The standard InChI is InChI=1S/C23H16N2O5/c1-14-11-17(24-13-16-6-4-7-20(22(16)26)25(28)29)9-10-18(14)19-12-15-5-2-3-8-21(15)30-23(19)27/h2-13,26H,1H3. The minimum Gasteiger partial charge on any atom is -0.502 e. The minimum atomic E-state index is -0.652. The number of para-hydroxylation sites is 2. The van der Waals surface area contributed by atoms with E-state index in [9.17, 15) is 20.0 Å². The number of hydrogen-bond acceptors (Lipinski definition) is 6. The first-order chi connectivity index (χ1) is 14.4. The number of nitrogens with zero attached hydrogens (tertiary/aromatic N) is 2. The predicted molar refractivity (Wildman–Crippen MR) is 115 cm³/mol. The van der Waals surface area contributed by atoms with Crippen molar-refractivity contribution in [3.8, 4) is 16.9 Å². The molecule has 4 rings (SSSR count). The Morgan fingerprint density at radius 3 is 2.60 bits per heavy atom. The number of hydrogen-bond donors (Lipinski definition) is 1. The topological polar surface area (TPSA) is 106 Å². The molecule has 0 atom stereocenters. The Morgan fingerprint density at radius 1 is 1.03 bits per heavy atom. The van der Waals surface area contributed by atoms with Gasteiger partial charge in [0.1, 0.15) is 5.58 Å². The summed E-state index contributed by atoms with van der Waals surface area (Å²) < 4.78 is 5.41. The SMILES string of the molecule is Cc1cc(N=Cc2cccc([N+](=O)[O-])c2O)ccc1-c1cc2ccccc2oc1=O. The van der Waals surface area contributed by atoms with E-state index in [4.69, 9.17) is 4.42 Å². The molecule has 0 aliphatic rings. The lowest BCUT2D eigenvalue weighted by Crippen LogP contribution is -2.03. The van der Waals surface area contributed by atoms with E-state index in [0.717, 1.165) is 16.5 Å². The highest BCUT2D eigenvalue weighted by molar-refractivity contribution is 5.88. The maximum Gasteiger partial charge on any atom is 0.344 e. The number of phenolic OH excluding ortho intramolecular Hbond substituents is 1. The van der Waals surface area contributed by atoms with Gasteiger partial charge in [-0.15, -0.1) is 0 Å². The van der Waals surface area contributed by atoms with Crippen LogP contribution in [0, 0.1) is 17.0 Å². The maximum atomic E-state index is 12.4. The quantitative estimate of drug-likeness (QED) is 0.221. The second-order valence-corrected chi connectivity index (χ2v) is 6.71. The molecule has 1 aromatic heterocycles. The third-order valence-corrected chi connectivity index (χ3v) is 4.74. The fourth-order valence-electron chi connectivity index (χ4n) is 3.22. The molecule has 0 bridgehead atoms. The molecule has 4 aromatic rings. The van der Waals surface area contributed by atoms with E-state index in [1.165, 1.54) is 24.4 Å². The van der Waals surface area contributed by atoms with Gasteiger partial charge in [0.25, 0.3) is 0 Å². The lowest BCUT2D eigenvalue weighted by Gasteiger charge is -2.07. The molecule has 0 aliphatic heterocycles. The number of fused-ring (bicyclic) bond motifs is 1. The van der Waals surface area contributed by atoms with Crippen LogP contribution in [0.4, 0.5) is 11.4 Å². The summed E-state index contributed by atoms with van der Waals surface area (Å²) in [6.07, 6.45) is 1.36. The van der Waals surface area contributed by atoms with Crippen LogP contribution in [0.1, 0.15) is 11.1 Å². The number of rotatable bonds is 4. The summed E-state index contributed by atoms with van der Waals surface area (Å²) in [5.41, 5.74) is 2.54. The molecule has 0 unspecified atom stereocenters. The monoisotopic (exact) mass is 400 g/mol. The van der Waals surface area contributed by atoms with E-state index in [2.05, 4.69) is 4.99 Å². The highest BCUT2D eigenvalue weighted by Crippen LogP contribution is 2.30. The summed E-state index contributed by atoms with van der Waals surface area (Å²) in [5.74, 6) is -0.437. The van der Waals surface area contributed by atoms with E-state index in [0.29, 0.717) is 16.8 Å². The average Bonchev–Trinajstić information content (AvgIpc) is 2.72. The van der Waals surface area contributed by atoms with Crippen LogP contribution in [0.2, 0.25) is 0 Å². The molecule has 0 saturated carbocycles. The summed E-state index contributed by atoms with van der Waals surface area (Å²) >= 11 is 0. The number of nitro benzene ring substituents is 1. The summed E-state index contributed by atoms with van der Waals surface area (Å²) in [6.45, 7) is 1.85. The molecule has 3 aromatic carbocycles. The van der Waals surface area contributed by atoms with Crippen molar-refractivity contribution in [2.45, 2.75) is 6.92 Å². The molecular weight excluding hydrogens is 384 g/mol. The van der Waals surface area contributed by atoms with Crippen molar-refractivity contribution in [1.29, 1.82) is 0 Å². The van der Waals surface area contributed by atoms with Crippen LogP contribution in [0.15, 0.2) is 80.9 Å². The number of aryl methyl sites for hydroxylation is 1. The Bertz CT molecular complexity index is 1370. The number of phenols is 1. The van der Waals surface area contributed by atoms with Gasteiger partial charge >= 0.3 is 11.3 Å². The molecule has 0 spiro atoms. The Morgan fingerprint density at radius 2 is 1.83 bits per heavy atom. The van der Waals surface area contributed by atoms with Crippen LogP contribution >= 0.6 is 0 Å². The Hall–Kier alpha value is -4.26. The van der Waals surface area contributed by atoms with E-state index in [1.807, 2.05) is 25.1 Å². The third kappa shape index (κ3) is 3.56. The Labute approximate surface area is 170 Å². The molecule has 1 heterocycles. The fraction of sp³-hybridized carbons (Fsp3) is 0.0435. The first-order valence-electron chi connectivity index (χ1n) is 9.08. The van der Waals surface area contributed by atoms with Gasteiger partial charge in [-0.05, 0) is 48.4 Å². The highest BCUT2D eigenvalue weighted by Gasteiger charge is 2.15. The largest absolute Gasteiger partial charge is 0.502 e. The summed E-state index contributed by atoms with van der Waals surface area (Å²) in [4.78, 5) is 27.0. The van der Waals surface area contributed by atoms with Gasteiger partial charge in [0.15, 0.2) is 0 Å². The van der Waals surface area contributed by atoms with Gasteiger partial charge in [0.05, 0.1) is 16.2 Å². The van der Waals surface area contributed by atoms with Gasteiger partial charge in [-0.1, -0.05) is 30.3 Å². The molecule has 30 heavy (non-hydrogen) atoms. The van der Waals surface area contributed by atoms with Crippen molar-refractivity contribution in [2.24, 2.45) is 4.99 Å². The molecule has 7 heteroatoms. The van der Waals surface area contributed by atoms with Crippen molar-refractivity contribution < 1.29 is 14.4 Å². The van der Waals surface area contributed by atoms with Gasteiger partial charge in [-0.3, -0.25) is 15.1 Å². The van der Waals surface area contributed by atoms with Crippen LogP contribution < -0.4 is 5.63 Å². The van der Waals surface area contributed by atoms with Crippen LogP contribution in [-0.2, 0) is 0 Å². The maximum absolute atomic E-state index is 12.4.